The lowest BCUT2D eigenvalue weighted by atomic mass is 10.1. The molecule has 1 aliphatic rings. The number of fused-ring (bicyclic) bond motifs is 4. The van der Waals surface area contributed by atoms with Crippen LogP contribution in [0.25, 0.3) is 42.2 Å². The van der Waals surface area contributed by atoms with E-state index in [9.17, 15) is 9.59 Å². The van der Waals surface area contributed by atoms with Crippen LogP contribution in [0.3, 0.4) is 0 Å². The normalized spacial score (nSPS) is 13.5. The number of nitrogens with zero attached hydrogens (tertiary/aromatic N) is 4. The highest BCUT2D eigenvalue weighted by molar-refractivity contribution is 7.99. The number of esters is 1. The Hall–Kier alpha value is -5.06. The minimum atomic E-state index is -0.760. The molecule has 1 N–H and O–H groups in total. The van der Waals surface area contributed by atoms with Gasteiger partial charge in [-0.05, 0) is 123 Å². The highest BCUT2D eigenvalue weighted by Crippen LogP contribution is 2.35. The number of aryl methyl sites for hydroxylation is 2. The number of benzene rings is 4. The monoisotopic (exact) mass is 966 g/mol. The van der Waals surface area contributed by atoms with Crippen LogP contribution >= 0.6 is 46.2 Å². The maximum absolute atomic E-state index is 11.6. The van der Waals surface area contributed by atoms with Crippen LogP contribution in [0.2, 0.25) is 0 Å². The predicted octanol–water partition coefficient (Wildman–Crippen LogP) is 12.8. The van der Waals surface area contributed by atoms with Gasteiger partial charge < -0.3 is 33.2 Å². The summed E-state index contributed by atoms with van der Waals surface area (Å²) in [5.41, 5.74) is 9.11. The van der Waals surface area contributed by atoms with Crippen molar-refractivity contribution in [3.8, 4) is 11.5 Å². The minimum absolute atomic E-state index is 0.137. The van der Waals surface area contributed by atoms with Crippen molar-refractivity contribution in [1.82, 2.24) is 19.1 Å². The molecule has 4 aromatic carbocycles. The first-order valence-corrected chi connectivity index (χ1v) is 26.0. The number of hydrogen-bond donors (Lipinski definition) is 1. The molecule has 0 radical (unpaired) electrons. The molecule has 8 aromatic rings. The molecule has 0 bridgehead atoms. The van der Waals surface area contributed by atoms with Gasteiger partial charge in [-0.2, -0.15) is 0 Å². The minimum Gasteiger partial charge on any atom is -0.497 e. The number of ether oxygens (including phenoxy) is 4. The number of aliphatic carboxylic acids is 1. The highest BCUT2D eigenvalue weighted by atomic mass is 32.2. The van der Waals surface area contributed by atoms with Gasteiger partial charge in [-0.15, -0.1) is 22.7 Å². The summed E-state index contributed by atoms with van der Waals surface area (Å²) in [4.78, 5) is 32.2. The van der Waals surface area contributed by atoms with E-state index in [1.165, 1.54) is 55.3 Å². The van der Waals surface area contributed by atoms with Gasteiger partial charge in [0, 0.05) is 63.3 Å². The van der Waals surface area contributed by atoms with Gasteiger partial charge in [-0.25, -0.2) is 9.97 Å². The Kier molecular flexibility index (Phi) is 17.5. The fraction of sp³-hybridized carbons (Fsp3) is 0.373. The average Bonchev–Trinajstić information content (AvgIpc) is 4.17. The Morgan fingerprint density at radius 2 is 1.29 bits per heavy atom. The van der Waals surface area contributed by atoms with Gasteiger partial charge in [0.05, 0.1) is 62.1 Å². The van der Waals surface area contributed by atoms with E-state index >= 15 is 0 Å². The number of methoxy groups -OCH3 is 2. The molecule has 66 heavy (non-hydrogen) atoms. The van der Waals surface area contributed by atoms with Crippen LogP contribution < -0.4 is 9.47 Å². The molecular weight excluding hydrogens is 909 g/mol. The SMILES string of the molecule is CC1CCCO1.CCOC(=O)CCCSc1nc2cc(OC)ccc2n1Cc1csc2cccc(C)c12.COc1ccc2c(c1)nc(SCCCC(=O)O)n2Cc1csc2cccc(C)c12. The molecule has 1 saturated heterocycles. The average molecular weight is 967 g/mol. The van der Waals surface area contributed by atoms with Crippen LogP contribution in [-0.2, 0) is 32.2 Å². The Balaban J connectivity index is 0.000000174. The quantitative estimate of drug-likeness (QED) is 0.0532. The molecule has 1 atom stereocenters. The number of carboxylic acid groups (broad SMARTS) is 1. The summed E-state index contributed by atoms with van der Waals surface area (Å²) in [5, 5.41) is 17.9. The van der Waals surface area contributed by atoms with Crippen molar-refractivity contribution < 1.29 is 33.6 Å². The Morgan fingerprint density at radius 1 is 0.773 bits per heavy atom. The summed E-state index contributed by atoms with van der Waals surface area (Å²) in [5.74, 6) is 2.21. The van der Waals surface area contributed by atoms with E-state index in [0.717, 1.165) is 81.5 Å². The van der Waals surface area contributed by atoms with Crippen molar-refractivity contribution in [1.29, 1.82) is 0 Å². The third-order valence-electron chi connectivity index (χ3n) is 11.3. The molecule has 348 valence electrons. The van der Waals surface area contributed by atoms with Gasteiger partial charge in [0.15, 0.2) is 10.3 Å². The number of thiophene rings is 2. The maximum atomic E-state index is 11.6. The van der Waals surface area contributed by atoms with E-state index < -0.39 is 5.97 Å². The molecule has 15 heteroatoms. The number of carboxylic acids is 1. The molecule has 4 aromatic heterocycles. The van der Waals surface area contributed by atoms with Crippen LogP contribution in [-0.4, -0.2) is 81.2 Å². The fourth-order valence-corrected chi connectivity index (χ4v) is 11.9. The van der Waals surface area contributed by atoms with Crippen molar-refractivity contribution in [2.45, 2.75) is 95.7 Å². The molecule has 1 unspecified atom stereocenters. The molecular formula is C51H58N4O7S4. The molecule has 11 nitrogen and oxygen atoms in total. The number of imidazole rings is 2. The van der Waals surface area contributed by atoms with Gasteiger partial charge in [0.2, 0.25) is 0 Å². The van der Waals surface area contributed by atoms with Crippen LogP contribution in [0.15, 0.2) is 93.9 Å². The molecule has 9 rings (SSSR count). The molecule has 0 aliphatic carbocycles. The first-order valence-electron chi connectivity index (χ1n) is 22.3. The van der Waals surface area contributed by atoms with Crippen LogP contribution in [0.1, 0.15) is 74.6 Å². The van der Waals surface area contributed by atoms with Gasteiger partial charge in [-0.1, -0.05) is 47.8 Å². The molecule has 0 amide bonds. The second kappa shape index (κ2) is 23.6. The van der Waals surface area contributed by atoms with E-state index in [0.29, 0.717) is 25.6 Å². The van der Waals surface area contributed by atoms with E-state index in [1.54, 1.807) is 60.4 Å². The Morgan fingerprint density at radius 3 is 1.71 bits per heavy atom. The molecule has 1 fully saturated rings. The van der Waals surface area contributed by atoms with Crippen molar-refractivity contribution in [2.75, 3.05) is 38.9 Å². The van der Waals surface area contributed by atoms with Gasteiger partial charge >= 0.3 is 11.9 Å². The number of carbonyl (C=O) groups is 2. The first-order chi connectivity index (χ1) is 32.1. The standard InChI is InChI=1S/C24H26N2O3S2.C22H22N2O3S2.C5H10O/c1-4-29-22(27)9-6-12-30-24-25-19-13-18(28-3)10-11-20(19)26(24)14-17-15-31-21-8-5-7-16(2)23(17)21;1-14-5-3-6-19-21(14)15(13-29-19)12-24-18-9-8-16(27-2)11-17(18)23-22(24)28-10-4-7-20(25)26;1-5-3-2-4-6-5/h5,7-8,10-11,13,15H,4,6,9,12,14H2,1-3H3;3,5-6,8-9,11,13H,4,7,10,12H2,1-2H3,(H,25,26);5H,2-4H2,1H3. The van der Waals surface area contributed by atoms with Crippen molar-refractivity contribution in [3.05, 3.63) is 106 Å². The van der Waals surface area contributed by atoms with Crippen molar-refractivity contribution in [3.63, 3.8) is 0 Å². The Labute approximate surface area is 402 Å². The number of aromatic nitrogens is 4. The Bertz CT molecular complexity index is 2890. The number of thioether (sulfide) groups is 2. The van der Waals surface area contributed by atoms with Gasteiger partial charge in [-0.3, -0.25) is 9.59 Å². The summed E-state index contributed by atoms with van der Waals surface area (Å²) in [6.07, 6.45) is 5.06. The first kappa shape index (κ1) is 48.9. The zero-order valence-corrected chi connectivity index (χ0v) is 41.7. The van der Waals surface area contributed by atoms with E-state index in [2.05, 4.69) is 83.1 Å². The smallest absolute Gasteiger partial charge is 0.305 e. The largest absolute Gasteiger partial charge is 0.497 e. The predicted molar refractivity (Wildman–Crippen MR) is 273 cm³/mol. The number of rotatable bonds is 17. The summed E-state index contributed by atoms with van der Waals surface area (Å²) in [6, 6.07) is 24.8. The highest BCUT2D eigenvalue weighted by Gasteiger charge is 2.18. The lowest BCUT2D eigenvalue weighted by Crippen LogP contribution is -2.04. The summed E-state index contributed by atoms with van der Waals surface area (Å²) in [7, 11) is 3.32. The van der Waals surface area contributed by atoms with Crippen LogP contribution in [0.5, 0.6) is 11.5 Å². The lowest BCUT2D eigenvalue weighted by molar-refractivity contribution is -0.143. The number of hydrogen-bond acceptors (Lipinski definition) is 12. The second-order valence-corrected chi connectivity index (χ2v) is 20.0. The lowest BCUT2D eigenvalue weighted by Gasteiger charge is -2.10. The summed E-state index contributed by atoms with van der Waals surface area (Å²) < 4.78 is 28.0. The van der Waals surface area contributed by atoms with Crippen LogP contribution in [0.4, 0.5) is 0 Å². The summed E-state index contributed by atoms with van der Waals surface area (Å²) >= 11 is 6.85. The maximum Gasteiger partial charge on any atom is 0.305 e. The van der Waals surface area contributed by atoms with Crippen LogP contribution in [0, 0.1) is 13.8 Å². The second-order valence-electron chi connectivity index (χ2n) is 16.0. The number of carbonyl (C=O) groups excluding carboxylic acids is 1. The van der Waals surface area contributed by atoms with Gasteiger partial charge in [0.25, 0.3) is 0 Å². The third kappa shape index (κ3) is 12.3. The zero-order valence-electron chi connectivity index (χ0n) is 38.5. The fourth-order valence-electron chi connectivity index (χ4n) is 7.96. The topological polar surface area (TPSA) is 127 Å². The molecule has 0 spiro atoms. The molecule has 1 aliphatic heterocycles. The third-order valence-corrected chi connectivity index (χ3v) is 15.4. The van der Waals surface area contributed by atoms with E-state index in [-0.39, 0.29) is 12.4 Å². The van der Waals surface area contributed by atoms with Crippen molar-refractivity contribution >= 4 is 100 Å². The molecule has 5 heterocycles. The summed E-state index contributed by atoms with van der Waals surface area (Å²) in [6.45, 7) is 11.2. The van der Waals surface area contributed by atoms with E-state index in [1.807, 2.05) is 37.3 Å². The molecule has 0 saturated carbocycles. The van der Waals surface area contributed by atoms with E-state index in [4.69, 9.17) is 34.0 Å². The van der Waals surface area contributed by atoms with Crippen molar-refractivity contribution in [2.24, 2.45) is 0 Å². The zero-order chi connectivity index (χ0) is 46.6. The van der Waals surface area contributed by atoms with Gasteiger partial charge in [0.1, 0.15) is 11.5 Å².